The van der Waals surface area contributed by atoms with Crippen molar-refractivity contribution in [2.75, 3.05) is 0 Å². The SMILES string of the molecule is C=C(N=C(N=C(C)c1cccc(-c2ccccc2)c1)c1cccc(-c2cccc(-c3cccc4c3oc3cc5oc6ccccc6c5cc34)c2)c1)c1ccccc1. The number of nitrogens with zero attached hydrogens (tertiary/aromatic N) is 2. The lowest BCUT2D eigenvalue weighted by Crippen LogP contribution is -2.05. The summed E-state index contributed by atoms with van der Waals surface area (Å²) in [5, 5.41) is 4.33. The predicted molar refractivity (Wildman–Crippen MR) is 238 cm³/mol. The summed E-state index contributed by atoms with van der Waals surface area (Å²) < 4.78 is 12.8. The van der Waals surface area contributed by atoms with Gasteiger partial charge in [-0.1, -0.05) is 158 Å². The van der Waals surface area contributed by atoms with E-state index in [4.69, 9.17) is 18.8 Å². The molecule has 0 radical (unpaired) electrons. The summed E-state index contributed by atoms with van der Waals surface area (Å²) in [6.07, 6.45) is 0. The first-order chi connectivity index (χ1) is 28.1. The predicted octanol–water partition coefficient (Wildman–Crippen LogP) is 14.4. The summed E-state index contributed by atoms with van der Waals surface area (Å²) in [5.74, 6) is 0.593. The molecule has 4 nitrogen and oxygen atoms in total. The Hall–Kier alpha value is -7.56. The molecule has 10 rings (SSSR count). The first-order valence-electron chi connectivity index (χ1n) is 19.1. The van der Waals surface area contributed by atoms with E-state index in [0.717, 1.165) is 99.7 Å². The van der Waals surface area contributed by atoms with E-state index in [-0.39, 0.29) is 0 Å². The van der Waals surface area contributed by atoms with Crippen LogP contribution in [0.1, 0.15) is 23.6 Å². The van der Waals surface area contributed by atoms with Crippen molar-refractivity contribution in [1.82, 2.24) is 0 Å². The van der Waals surface area contributed by atoms with E-state index in [9.17, 15) is 0 Å². The second-order valence-electron chi connectivity index (χ2n) is 14.3. The molecule has 0 aliphatic heterocycles. The van der Waals surface area contributed by atoms with Crippen molar-refractivity contribution < 1.29 is 8.83 Å². The number of hydrogen-bond acceptors (Lipinski definition) is 3. The highest BCUT2D eigenvalue weighted by molar-refractivity contribution is 6.17. The summed E-state index contributed by atoms with van der Waals surface area (Å²) >= 11 is 0. The van der Waals surface area contributed by atoms with Crippen LogP contribution in [0, 0.1) is 0 Å². The first kappa shape index (κ1) is 34.0. The fraction of sp³-hybridized carbons (Fsp3) is 0.0189. The Balaban J connectivity index is 1.04. The van der Waals surface area contributed by atoms with E-state index in [2.05, 4.69) is 134 Å². The molecule has 2 aromatic heterocycles. The maximum Gasteiger partial charge on any atom is 0.160 e. The molecule has 0 saturated heterocycles. The second kappa shape index (κ2) is 14.3. The zero-order valence-corrected chi connectivity index (χ0v) is 31.3. The summed E-state index contributed by atoms with van der Waals surface area (Å²) in [7, 11) is 0. The molecule has 2 heterocycles. The van der Waals surface area contributed by atoms with Gasteiger partial charge in [-0.05, 0) is 76.2 Å². The van der Waals surface area contributed by atoms with Gasteiger partial charge in [0.1, 0.15) is 22.3 Å². The van der Waals surface area contributed by atoms with Crippen molar-refractivity contribution in [2.45, 2.75) is 6.92 Å². The van der Waals surface area contributed by atoms with Crippen LogP contribution in [0.25, 0.3) is 83.0 Å². The smallest absolute Gasteiger partial charge is 0.160 e. The third-order valence-corrected chi connectivity index (χ3v) is 10.6. The molecule has 8 aromatic carbocycles. The average molecular weight is 733 g/mol. The van der Waals surface area contributed by atoms with Crippen LogP contribution in [0.4, 0.5) is 0 Å². The van der Waals surface area contributed by atoms with Crippen LogP contribution in [0.3, 0.4) is 0 Å². The van der Waals surface area contributed by atoms with E-state index in [1.54, 1.807) is 0 Å². The van der Waals surface area contributed by atoms with Crippen LogP contribution in [-0.2, 0) is 0 Å². The van der Waals surface area contributed by atoms with Gasteiger partial charge in [-0.15, -0.1) is 0 Å². The van der Waals surface area contributed by atoms with Gasteiger partial charge in [-0.2, -0.15) is 0 Å². The zero-order valence-electron chi connectivity index (χ0n) is 31.3. The molecule has 0 unspecified atom stereocenters. The Kier molecular flexibility index (Phi) is 8.50. The molecule has 0 spiro atoms. The van der Waals surface area contributed by atoms with Crippen LogP contribution in [-0.4, -0.2) is 11.5 Å². The Morgan fingerprint density at radius 3 is 1.79 bits per heavy atom. The van der Waals surface area contributed by atoms with Crippen LogP contribution in [0.5, 0.6) is 0 Å². The summed E-state index contributed by atoms with van der Waals surface area (Å²) in [6.45, 7) is 6.38. The lowest BCUT2D eigenvalue weighted by atomic mass is 9.96. The molecule has 10 aromatic rings. The number of fused-ring (bicyclic) bond motifs is 6. The molecular formula is C53H36N2O2. The highest BCUT2D eigenvalue weighted by Crippen LogP contribution is 2.40. The number of hydrogen-bond donors (Lipinski definition) is 0. The number of para-hydroxylation sites is 2. The molecule has 57 heavy (non-hydrogen) atoms. The van der Waals surface area contributed by atoms with Gasteiger partial charge in [0.05, 0.1) is 5.70 Å². The van der Waals surface area contributed by atoms with Crippen molar-refractivity contribution in [1.29, 1.82) is 0 Å². The molecule has 0 bridgehead atoms. The van der Waals surface area contributed by atoms with Crippen molar-refractivity contribution >= 4 is 61.1 Å². The number of rotatable bonds is 7. The average Bonchev–Trinajstić information content (AvgIpc) is 3.83. The van der Waals surface area contributed by atoms with Crippen molar-refractivity contribution in [3.05, 3.63) is 211 Å². The molecule has 270 valence electrons. The van der Waals surface area contributed by atoms with Gasteiger partial charge in [0, 0.05) is 44.4 Å². The minimum atomic E-state index is 0.593. The normalized spacial score (nSPS) is 12.2. The molecule has 0 atom stereocenters. The summed E-state index contributed by atoms with van der Waals surface area (Å²) in [5.41, 5.74) is 14.2. The highest BCUT2D eigenvalue weighted by Gasteiger charge is 2.17. The first-order valence-corrected chi connectivity index (χ1v) is 19.1. The van der Waals surface area contributed by atoms with Gasteiger partial charge in [0.2, 0.25) is 0 Å². The second-order valence-corrected chi connectivity index (χ2v) is 14.3. The highest BCUT2D eigenvalue weighted by atomic mass is 16.3. The lowest BCUT2D eigenvalue weighted by Gasteiger charge is -2.11. The fourth-order valence-electron chi connectivity index (χ4n) is 7.70. The minimum absolute atomic E-state index is 0.593. The third-order valence-electron chi connectivity index (χ3n) is 10.6. The number of benzene rings is 8. The van der Waals surface area contributed by atoms with E-state index < -0.39 is 0 Å². The van der Waals surface area contributed by atoms with Crippen molar-refractivity contribution in [3.63, 3.8) is 0 Å². The number of furan rings is 2. The van der Waals surface area contributed by atoms with Crippen LogP contribution in [0.2, 0.25) is 0 Å². The Morgan fingerprint density at radius 1 is 0.404 bits per heavy atom. The third kappa shape index (κ3) is 6.43. The van der Waals surface area contributed by atoms with E-state index >= 15 is 0 Å². The minimum Gasteiger partial charge on any atom is -0.456 e. The fourth-order valence-corrected chi connectivity index (χ4v) is 7.70. The molecule has 0 aliphatic rings. The topological polar surface area (TPSA) is 51.0 Å². The van der Waals surface area contributed by atoms with Gasteiger partial charge in [0.25, 0.3) is 0 Å². The van der Waals surface area contributed by atoms with Gasteiger partial charge >= 0.3 is 0 Å². The van der Waals surface area contributed by atoms with Crippen LogP contribution in [0.15, 0.2) is 213 Å². The number of amidine groups is 1. The maximum absolute atomic E-state index is 6.62. The summed E-state index contributed by atoms with van der Waals surface area (Å²) in [4.78, 5) is 10.3. The number of aliphatic imine (C=N–C) groups is 2. The quantitative estimate of drug-likeness (QED) is 0.121. The van der Waals surface area contributed by atoms with Crippen LogP contribution >= 0.6 is 0 Å². The molecular weight excluding hydrogens is 697 g/mol. The maximum atomic E-state index is 6.62. The molecule has 0 amide bonds. The Labute approximate surface area is 330 Å². The Morgan fingerprint density at radius 2 is 0.965 bits per heavy atom. The van der Waals surface area contributed by atoms with E-state index in [0.29, 0.717) is 11.5 Å². The van der Waals surface area contributed by atoms with Gasteiger partial charge < -0.3 is 8.83 Å². The Bertz CT molecular complexity index is 3200. The van der Waals surface area contributed by atoms with E-state index in [1.807, 2.05) is 67.6 Å². The van der Waals surface area contributed by atoms with Crippen LogP contribution < -0.4 is 0 Å². The summed E-state index contributed by atoms with van der Waals surface area (Å²) in [6, 6.07) is 64.7. The largest absolute Gasteiger partial charge is 0.456 e. The van der Waals surface area contributed by atoms with E-state index in [1.165, 1.54) is 0 Å². The van der Waals surface area contributed by atoms with Gasteiger partial charge in [-0.3, -0.25) is 0 Å². The monoisotopic (exact) mass is 732 g/mol. The molecule has 0 fully saturated rings. The molecule has 0 saturated carbocycles. The van der Waals surface area contributed by atoms with Gasteiger partial charge in [0.15, 0.2) is 5.84 Å². The van der Waals surface area contributed by atoms with Crippen molar-refractivity contribution in [3.8, 4) is 33.4 Å². The lowest BCUT2D eigenvalue weighted by molar-refractivity contribution is 0.656. The molecule has 0 aliphatic carbocycles. The molecule has 0 N–H and O–H groups in total. The van der Waals surface area contributed by atoms with Crippen molar-refractivity contribution in [2.24, 2.45) is 9.98 Å². The zero-order chi connectivity index (χ0) is 38.3. The van der Waals surface area contributed by atoms with Gasteiger partial charge in [-0.25, -0.2) is 9.98 Å². The molecule has 4 heteroatoms. The standard InChI is InChI=1S/C53H36N2O2/c1-34(36-15-5-3-6-16-36)54-53(55-35(2)38-19-11-20-39(29-38)37-17-7-4-8-18-37)43-24-13-22-41(31-43)40-21-12-23-42(30-40)44-26-14-27-46-48-32-47-45-25-9-10-28-49(45)56-50(47)33-51(48)57-52(44)46/h3-33H,1H2,2H3.